The van der Waals surface area contributed by atoms with Crippen molar-refractivity contribution >= 4 is 49.7 Å². The van der Waals surface area contributed by atoms with Crippen molar-refractivity contribution in [3.63, 3.8) is 0 Å². The predicted molar refractivity (Wildman–Crippen MR) is 135 cm³/mol. The number of thiocarbonyl (C=S) groups is 1. The molecule has 2 aromatic rings. The molecule has 0 bridgehead atoms. The van der Waals surface area contributed by atoms with Gasteiger partial charge in [-0.15, -0.1) is 0 Å². The van der Waals surface area contributed by atoms with E-state index in [4.69, 9.17) is 12.2 Å². The third kappa shape index (κ3) is 4.88. The van der Waals surface area contributed by atoms with Crippen molar-refractivity contribution in [3.8, 4) is 5.75 Å². The van der Waals surface area contributed by atoms with Gasteiger partial charge in [0.05, 0.1) is 5.56 Å². The molecular formula is C24H22N3O4PS. The quantitative estimate of drug-likeness (QED) is 0.244. The molecule has 0 saturated heterocycles. The molecule has 0 amide bonds. The minimum atomic E-state index is -1.08. The van der Waals surface area contributed by atoms with Crippen molar-refractivity contribution in [2.75, 3.05) is 18.4 Å². The van der Waals surface area contributed by atoms with E-state index in [0.717, 1.165) is 22.3 Å². The van der Waals surface area contributed by atoms with E-state index >= 15 is 0 Å². The van der Waals surface area contributed by atoms with E-state index in [1.54, 1.807) is 48.6 Å². The fourth-order valence-corrected chi connectivity index (χ4v) is 4.38. The fraction of sp³-hybridized carbons (Fsp3) is 0.125. The van der Waals surface area contributed by atoms with Gasteiger partial charge < -0.3 is 20.8 Å². The number of hydrogen-bond acceptors (Lipinski definition) is 5. The summed E-state index contributed by atoms with van der Waals surface area (Å²) in [6.07, 6.45) is 5.26. The van der Waals surface area contributed by atoms with Crippen LogP contribution in [0.4, 0.5) is 5.69 Å². The largest absolute Gasteiger partial charge is 0.508 e. The van der Waals surface area contributed by atoms with Crippen LogP contribution in [0.1, 0.15) is 27.0 Å². The van der Waals surface area contributed by atoms with Crippen LogP contribution in [-0.4, -0.2) is 40.2 Å². The van der Waals surface area contributed by atoms with Crippen molar-refractivity contribution in [2.45, 2.75) is 6.42 Å². The summed E-state index contributed by atoms with van der Waals surface area (Å²) < 4.78 is 0. The zero-order valence-electron chi connectivity index (χ0n) is 17.5. The van der Waals surface area contributed by atoms with Gasteiger partial charge in [0, 0.05) is 18.8 Å². The molecule has 33 heavy (non-hydrogen) atoms. The summed E-state index contributed by atoms with van der Waals surface area (Å²) in [5.41, 5.74) is 5.12. The molecule has 168 valence electrons. The summed E-state index contributed by atoms with van der Waals surface area (Å²) in [7, 11) is 2.41. The summed E-state index contributed by atoms with van der Waals surface area (Å²) >= 11 is 5.28. The first-order chi connectivity index (χ1) is 15.9. The molecule has 0 heterocycles. The number of hydrogen-bond donors (Lipinski definition) is 5. The number of rotatable bonds is 6. The summed E-state index contributed by atoms with van der Waals surface area (Å²) in [6.45, 7) is 1.31. The van der Waals surface area contributed by atoms with Gasteiger partial charge in [-0.05, 0) is 88.5 Å². The Balaban J connectivity index is 1.80. The first kappa shape index (κ1) is 22.9. The van der Waals surface area contributed by atoms with Crippen molar-refractivity contribution in [1.82, 2.24) is 10.4 Å². The van der Waals surface area contributed by atoms with Gasteiger partial charge in [0.15, 0.2) is 10.9 Å². The molecule has 1 atom stereocenters. The zero-order valence-corrected chi connectivity index (χ0v) is 19.5. The van der Waals surface area contributed by atoms with Crippen LogP contribution in [0.15, 0.2) is 65.8 Å². The Morgan fingerprint density at radius 1 is 1.09 bits per heavy atom. The molecule has 0 spiro atoms. The average molecular weight is 479 g/mol. The maximum absolute atomic E-state index is 12.3. The lowest BCUT2D eigenvalue weighted by Crippen LogP contribution is -2.32. The normalized spacial score (nSPS) is 14.3. The number of phenols is 1. The van der Waals surface area contributed by atoms with E-state index in [1.165, 1.54) is 6.08 Å². The third-order valence-corrected chi connectivity index (χ3v) is 5.95. The van der Waals surface area contributed by atoms with Crippen LogP contribution in [0.25, 0.3) is 5.57 Å². The number of aromatic carboxylic acids is 1. The first-order valence-electron chi connectivity index (χ1n) is 10.2. The van der Waals surface area contributed by atoms with Crippen LogP contribution >= 0.6 is 21.6 Å². The summed E-state index contributed by atoms with van der Waals surface area (Å²) in [4.78, 5) is 24.3. The molecule has 0 fully saturated rings. The molecule has 0 aromatic heterocycles. The number of anilines is 1. The van der Waals surface area contributed by atoms with E-state index in [2.05, 4.69) is 25.1 Å². The van der Waals surface area contributed by atoms with Gasteiger partial charge >= 0.3 is 5.97 Å². The van der Waals surface area contributed by atoms with Crippen molar-refractivity contribution in [2.24, 2.45) is 0 Å². The number of carboxylic acid groups (broad SMARTS) is 1. The molecule has 2 aromatic carbocycles. The van der Waals surface area contributed by atoms with Crippen molar-refractivity contribution < 1.29 is 19.8 Å². The minimum absolute atomic E-state index is 0.0995. The molecule has 7 nitrogen and oxygen atoms in total. The molecular weight excluding hydrogens is 457 g/mol. The second kappa shape index (κ2) is 9.67. The maximum Gasteiger partial charge on any atom is 0.336 e. The van der Waals surface area contributed by atoms with Crippen LogP contribution in [0.2, 0.25) is 0 Å². The van der Waals surface area contributed by atoms with E-state index in [-0.39, 0.29) is 17.1 Å². The Morgan fingerprint density at radius 2 is 1.88 bits per heavy atom. The van der Waals surface area contributed by atoms with E-state index in [9.17, 15) is 19.8 Å². The molecule has 0 radical (unpaired) electrons. The van der Waals surface area contributed by atoms with E-state index in [1.807, 2.05) is 0 Å². The Morgan fingerprint density at radius 3 is 2.64 bits per heavy atom. The summed E-state index contributed by atoms with van der Waals surface area (Å²) in [5, 5.41) is 29.4. The number of fused-ring (bicyclic) bond motifs is 2. The number of carboxylic acids is 1. The predicted octanol–water partition coefficient (Wildman–Crippen LogP) is 3.18. The topological polar surface area (TPSA) is 111 Å². The van der Waals surface area contributed by atoms with Gasteiger partial charge in [-0.2, -0.15) is 0 Å². The number of phenolic OH excluding ortho intramolecular Hbond substituents is 1. The summed E-state index contributed by atoms with van der Waals surface area (Å²) in [5.74, 6) is -1.08. The van der Waals surface area contributed by atoms with Crippen molar-refractivity contribution in [3.05, 3.63) is 88.0 Å². The highest BCUT2D eigenvalue weighted by molar-refractivity contribution is 7.80. The average Bonchev–Trinajstić information content (AvgIpc) is 2.77. The number of carbonyl (C=O) groups excluding carboxylic acids is 1. The van der Waals surface area contributed by atoms with E-state index in [0.29, 0.717) is 41.4 Å². The second-order valence-electron chi connectivity index (χ2n) is 7.61. The molecule has 0 aliphatic heterocycles. The van der Waals surface area contributed by atoms with Gasteiger partial charge in [0.2, 0.25) is 0 Å². The number of allylic oxidation sites excluding steroid dienone is 5. The van der Waals surface area contributed by atoms with Crippen LogP contribution < -0.4 is 15.7 Å². The Kier molecular flexibility index (Phi) is 6.70. The van der Waals surface area contributed by atoms with Gasteiger partial charge in [0.1, 0.15) is 5.75 Å². The number of aromatic hydroxyl groups is 1. The molecule has 4 rings (SSSR count). The van der Waals surface area contributed by atoms with Crippen molar-refractivity contribution in [1.29, 1.82) is 0 Å². The smallest absolute Gasteiger partial charge is 0.336 e. The monoisotopic (exact) mass is 479 g/mol. The highest BCUT2D eigenvalue weighted by atomic mass is 32.1. The molecule has 0 saturated carbocycles. The van der Waals surface area contributed by atoms with Crippen LogP contribution in [0, 0.1) is 0 Å². The number of carbonyl (C=O) groups is 2. The number of ketones is 1. The second-order valence-corrected chi connectivity index (χ2v) is 8.43. The third-order valence-electron chi connectivity index (χ3n) is 5.42. The Bertz CT molecular complexity index is 1270. The van der Waals surface area contributed by atoms with Gasteiger partial charge in [-0.25, -0.2) is 4.79 Å². The van der Waals surface area contributed by atoms with Gasteiger partial charge in [-0.1, -0.05) is 27.6 Å². The number of nitrogens with one attached hydrogen (secondary N) is 3. The molecule has 2 aliphatic carbocycles. The molecule has 9 heteroatoms. The van der Waals surface area contributed by atoms with Gasteiger partial charge in [-0.3, -0.25) is 9.88 Å². The first-order valence-corrected chi connectivity index (χ1v) is 11.2. The molecule has 5 N–H and O–H groups in total. The maximum atomic E-state index is 12.3. The molecule has 2 aliphatic rings. The Hall–Kier alpha value is -3.32. The summed E-state index contributed by atoms with van der Waals surface area (Å²) in [6, 6.07) is 10.1. The lowest BCUT2D eigenvalue weighted by atomic mass is 9.76. The van der Waals surface area contributed by atoms with Crippen LogP contribution in [-0.2, 0) is 11.2 Å². The van der Waals surface area contributed by atoms with Gasteiger partial charge in [0.25, 0.3) is 0 Å². The minimum Gasteiger partial charge on any atom is -0.508 e. The zero-order chi connectivity index (χ0) is 23.5. The fourth-order valence-electron chi connectivity index (χ4n) is 4.01. The SMILES string of the molecule is O=C1C=CC2=C(c3ccc(NC(=S)NCCNP)cc3C(=O)O)c3ccc(O)cc3CC2=C1. The highest BCUT2D eigenvalue weighted by Crippen LogP contribution is 2.42. The van der Waals surface area contributed by atoms with Crippen LogP contribution in [0.5, 0.6) is 5.75 Å². The van der Waals surface area contributed by atoms with Crippen LogP contribution in [0.3, 0.4) is 0 Å². The molecule has 1 unspecified atom stereocenters. The van der Waals surface area contributed by atoms with E-state index < -0.39 is 5.97 Å². The number of benzene rings is 2. The Labute approximate surface area is 198 Å². The lowest BCUT2D eigenvalue weighted by Gasteiger charge is -2.27. The lowest BCUT2D eigenvalue weighted by molar-refractivity contribution is -0.110. The standard InChI is InChI=1S/C24H22N3O4PS/c28-16-2-5-18-13(10-16)9-14-11-17(29)3-6-19(14)22(18)20-4-1-15(12-21(20)23(30)31)27-24(33)25-7-8-26-32/h1-6,10-12,26,28H,7-9,32H2,(H,30,31)(H2,25,27,33). The highest BCUT2D eigenvalue weighted by Gasteiger charge is 2.28.